The van der Waals surface area contributed by atoms with Gasteiger partial charge < -0.3 is 9.84 Å². The van der Waals surface area contributed by atoms with Crippen LogP contribution in [0.1, 0.15) is 135 Å². The van der Waals surface area contributed by atoms with Crippen LogP contribution in [-0.2, 0) is 9.59 Å². The third kappa shape index (κ3) is 15.9. The van der Waals surface area contributed by atoms with Gasteiger partial charge in [-0.2, -0.15) is 0 Å². The maximum Gasteiger partial charge on any atom is 0.339 e. The molecule has 1 aromatic rings. The number of carbonyl (C=O) groups excluding carboxylic acids is 2. The number of carbonyl (C=O) groups is 3. The van der Waals surface area contributed by atoms with E-state index in [1.807, 2.05) is 13.8 Å². The van der Waals surface area contributed by atoms with Crippen LogP contribution in [0.2, 0.25) is 0 Å². The fourth-order valence-corrected chi connectivity index (χ4v) is 6.65. The average molecular weight is 627 g/mol. The molecule has 1 atom stereocenters. The normalized spacial score (nSPS) is 13.0. The molecule has 6 heteroatoms. The van der Waals surface area contributed by atoms with Crippen LogP contribution in [0.3, 0.4) is 0 Å². The molecule has 1 aromatic carbocycles. The second kappa shape index (κ2) is 23.7. The molecule has 0 fully saturated rings. The standard InChI is InChI=1S/C38H58O5S/c1-6-9-10-11-12-13-14-15-16-17-18-19-20-21-22-25-28-44-38(7-2,8-3)35(39)30-32(29-31(4)5)37(42)43-34-27-24-23-26-33(34)36(40)41/h9-10,12-13,15-16,23-24,26-27,31-32H,6-8,11,14,17-22,25,28-30H2,1-5H3,(H,40,41)/b10-9-,13-12-,16-15-. The molecule has 0 saturated carbocycles. The molecule has 0 saturated heterocycles. The number of benzene rings is 1. The van der Waals surface area contributed by atoms with E-state index in [9.17, 15) is 19.5 Å². The third-order valence-electron chi connectivity index (χ3n) is 7.92. The molecule has 0 aliphatic carbocycles. The predicted octanol–water partition coefficient (Wildman–Crippen LogP) is 10.8. The molecule has 0 heterocycles. The molecule has 0 spiro atoms. The van der Waals surface area contributed by atoms with Gasteiger partial charge in [0.1, 0.15) is 17.1 Å². The number of esters is 1. The van der Waals surface area contributed by atoms with E-state index in [4.69, 9.17) is 4.74 Å². The number of ketones is 1. The van der Waals surface area contributed by atoms with Gasteiger partial charge in [0.15, 0.2) is 0 Å². The van der Waals surface area contributed by atoms with E-state index < -0.39 is 22.6 Å². The fourth-order valence-electron chi connectivity index (χ4n) is 5.26. The Labute approximate surface area is 272 Å². The van der Waals surface area contributed by atoms with Gasteiger partial charge in [0.2, 0.25) is 0 Å². The first kappa shape index (κ1) is 39.4. The lowest BCUT2D eigenvalue weighted by molar-refractivity contribution is -0.142. The molecule has 0 aliphatic rings. The zero-order valence-electron chi connectivity index (χ0n) is 28.0. The molecular weight excluding hydrogens is 568 g/mol. The summed E-state index contributed by atoms with van der Waals surface area (Å²) in [7, 11) is 0. The predicted molar refractivity (Wildman–Crippen MR) is 187 cm³/mol. The highest BCUT2D eigenvalue weighted by molar-refractivity contribution is 8.01. The number of aromatic carboxylic acids is 1. The van der Waals surface area contributed by atoms with Gasteiger partial charge in [-0.1, -0.05) is 109 Å². The minimum absolute atomic E-state index is 0.0215. The number of unbranched alkanes of at least 4 members (excludes halogenated alkanes) is 6. The highest BCUT2D eigenvalue weighted by Gasteiger charge is 2.38. The van der Waals surface area contributed by atoms with Crippen molar-refractivity contribution in [3.05, 3.63) is 66.3 Å². The second-order valence-electron chi connectivity index (χ2n) is 11.9. The van der Waals surface area contributed by atoms with Crippen molar-refractivity contribution < 1.29 is 24.2 Å². The van der Waals surface area contributed by atoms with E-state index in [-0.39, 0.29) is 29.4 Å². The van der Waals surface area contributed by atoms with Crippen LogP contribution in [0.15, 0.2) is 60.7 Å². The summed E-state index contributed by atoms with van der Waals surface area (Å²) in [5, 5.41) is 9.47. The van der Waals surface area contributed by atoms with Gasteiger partial charge in [0.25, 0.3) is 0 Å². The van der Waals surface area contributed by atoms with E-state index >= 15 is 0 Å². The van der Waals surface area contributed by atoms with Gasteiger partial charge in [0, 0.05) is 6.42 Å². The molecular formula is C38H58O5S. The van der Waals surface area contributed by atoms with Crippen molar-refractivity contribution in [1.82, 2.24) is 0 Å². The van der Waals surface area contributed by atoms with Crippen LogP contribution in [-0.4, -0.2) is 33.3 Å². The molecule has 1 unspecified atom stereocenters. The van der Waals surface area contributed by atoms with Gasteiger partial charge in [-0.3, -0.25) is 9.59 Å². The highest BCUT2D eigenvalue weighted by atomic mass is 32.2. The first-order valence-corrected chi connectivity index (χ1v) is 17.8. The van der Waals surface area contributed by atoms with E-state index in [2.05, 4.69) is 57.2 Å². The molecule has 0 aromatic heterocycles. The lowest BCUT2D eigenvalue weighted by Crippen LogP contribution is -2.38. The number of thioether (sulfide) groups is 1. The van der Waals surface area contributed by atoms with E-state index in [0.717, 1.165) is 50.7 Å². The number of rotatable bonds is 25. The van der Waals surface area contributed by atoms with Crippen molar-refractivity contribution in [1.29, 1.82) is 0 Å². The number of carboxylic acid groups (broad SMARTS) is 1. The van der Waals surface area contributed by atoms with E-state index in [0.29, 0.717) is 6.42 Å². The molecule has 1 rings (SSSR count). The smallest absolute Gasteiger partial charge is 0.339 e. The lowest BCUT2D eigenvalue weighted by atomic mass is 9.86. The Kier molecular flexibility index (Phi) is 21.3. The Morgan fingerprint density at radius 2 is 1.43 bits per heavy atom. The van der Waals surface area contributed by atoms with E-state index in [1.165, 1.54) is 44.2 Å². The summed E-state index contributed by atoms with van der Waals surface area (Å²) in [6, 6.07) is 6.13. The zero-order valence-corrected chi connectivity index (χ0v) is 28.8. The summed E-state index contributed by atoms with van der Waals surface area (Å²) in [5.41, 5.74) is -0.0611. The Morgan fingerprint density at radius 3 is 2.05 bits per heavy atom. The Morgan fingerprint density at radius 1 is 0.841 bits per heavy atom. The molecule has 1 N–H and O–H groups in total. The lowest BCUT2D eigenvalue weighted by Gasteiger charge is -2.31. The second-order valence-corrected chi connectivity index (χ2v) is 13.4. The number of Topliss-reactive ketones (excluding diaryl/α,β-unsaturated/α-hetero) is 1. The number of allylic oxidation sites excluding steroid dienone is 6. The number of carboxylic acids is 1. The molecule has 0 bridgehead atoms. The Balaban J connectivity index is 2.49. The summed E-state index contributed by atoms with van der Waals surface area (Å²) in [4.78, 5) is 38.5. The summed E-state index contributed by atoms with van der Waals surface area (Å²) in [5.74, 6) is -1.05. The van der Waals surface area contributed by atoms with Gasteiger partial charge in [-0.05, 0) is 81.6 Å². The molecule has 0 amide bonds. The van der Waals surface area contributed by atoms with Gasteiger partial charge in [-0.25, -0.2) is 4.79 Å². The minimum Gasteiger partial charge on any atom is -0.478 e. The number of hydrogen-bond donors (Lipinski definition) is 1. The SMILES string of the molecule is CC/C=C\C/C=C\C/C=C\CCCCCCCCSC(CC)(CC)C(=O)CC(CC(C)C)C(=O)Oc1ccccc1C(=O)O. The van der Waals surface area contributed by atoms with Crippen molar-refractivity contribution >= 4 is 29.5 Å². The van der Waals surface area contributed by atoms with E-state index in [1.54, 1.807) is 23.9 Å². The van der Waals surface area contributed by atoms with Crippen LogP contribution in [0.4, 0.5) is 0 Å². The van der Waals surface area contributed by atoms with Crippen LogP contribution < -0.4 is 4.74 Å². The molecule has 0 radical (unpaired) electrons. The average Bonchev–Trinajstić information content (AvgIpc) is 3.00. The fraction of sp³-hybridized carbons (Fsp3) is 0.605. The quantitative estimate of drug-likeness (QED) is 0.0503. The highest BCUT2D eigenvalue weighted by Crippen LogP contribution is 2.37. The molecule has 0 aliphatic heterocycles. The third-order valence-corrected chi connectivity index (χ3v) is 9.77. The van der Waals surface area contributed by atoms with Crippen molar-refractivity contribution in [2.75, 3.05) is 5.75 Å². The topological polar surface area (TPSA) is 80.7 Å². The number of hydrogen-bond acceptors (Lipinski definition) is 5. The zero-order chi connectivity index (χ0) is 32.6. The monoisotopic (exact) mass is 626 g/mol. The van der Waals surface area contributed by atoms with Crippen molar-refractivity contribution in [3.8, 4) is 5.75 Å². The van der Waals surface area contributed by atoms with Gasteiger partial charge in [0.05, 0.1) is 10.7 Å². The molecule has 246 valence electrons. The summed E-state index contributed by atoms with van der Waals surface area (Å²) >= 11 is 1.75. The summed E-state index contributed by atoms with van der Waals surface area (Å²) in [6.07, 6.45) is 27.0. The summed E-state index contributed by atoms with van der Waals surface area (Å²) < 4.78 is 5.05. The van der Waals surface area contributed by atoms with Crippen molar-refractivity contribution in [2.24, 2.45) is 11.8 Å². The maximum atomic E-state index is 13.7. The van der Waals surface area contributed by atoms with Gasteiger partial charge in [-0.15, -0.1) is 11.8 Å². The largest absolute Gasteiger partial charge is 0.478 e. The van der Waals surface area contributed by atoms with Crippen LogP contribution in [0.5, 0.6) is 5.75 Å². The number of para-hydroxylation sites is 1. The Hall–Kier alpha value is -2.60. The van der Waals surface area contributed by atoms with Gasteiger partial charge >= 0.3 is 11.9 Å². The maximum absolute atomic E-state index is 13.7. The van der Waals surface area contributed by atoms with Crippen LogP contribution >= 0.6 is 11.8 Å². The first-order chi connectivity index (χ1) is 21.2. The van der Waals surface area contributed by atoms with Crippen molar-refractivity contribution in [2.45, 2.75) is 129 Å². The van der Waals surface area contributed by atoms with Crippen LogP contribution in [0, 0.1) is 11.8 Å². The molecule has 44 heavy (non-hydrogen) atoms. The van der Waals surface area contributed by atoms with Crippen LogP contribution in [0.25, 0.3) is 0 Å². The minimum atomic E-state index is -1.15. The van der Waals surface area contributed by atoms with Crippen molar-refractivity contribution in [3.63, 3.8) is 0 Å². The number of ether oxygens (including phenoxy) is 1. The first-order valence-electron chi connectivity index (χ1n) is 16.9. The molecule has 5 nitrogen and oxygen atoms in total. The summed E-state index contributed by atoms with van der Waals surface area (Å²) in [6.45, 7) is 10.3. The Bertz CT molecular complexity index is 1050.